The molecule has 5 rings (SSSR count). The molecule has 0 N–H and O–H groups in total. The third-order valence-electron chi connectivity index (χ3n) is 6.07. The van der Waals surface area contributed by atoms with Crippen LogP contribution in [0.1, 0.15) is 42.2 Å². The van der Waals surface area contributed by atoms with E-state index in [1.807, 2.05) is 49.2 Å². The first-order valence-corrected chi connectivity index (χ1v) is 11.5. The highest BCUT2D eigenvalue weighted by atomic mass is 16.5. The number of fused-ring (bicyclic) bond motifs is 1. The second-order valence-electron chi connectivity index (χ2n) is 8.61. The van der Waals surface area contributed by atoms with Crippen molar-refractivity contribution in [3.63, 3.8) is 0 Å². The van der Waals surface area contributed by atoms with Gasteiger partial charge < -0.3 is 4.52 Å². The molecule has 0 fully saturated rings. The van der Waals surface area contributed by atoms with Crippen molar-refractivity contribution < 1.29 is 9.32 Å². The maximum atomic E-state index is 13.4. The van der Waals surface area contributed by atoms with Crippen molar-refractivity contribution in [2.75, 3.05) is 13.6 Å². The van der Waals surface area contributed by atoms with Gasteiger partial charge >= 0.3 is 0 Å². The van der Waals surface area contributed by atoms with E-state index in [1.54, 1.807) is 5.01 Å². The van der Waals surface area contributed by atoms with Gasteiger partial charge in [0.15, 0.2) is 5.82 Å². The van der Waals surface area contributed by atoms with E-state index >= 15 is 0 Å². The lowest BCUT2D eigenvalue weighted by molar-refractivity contribution is -0.134. The number of aryl methyl sites for hydroxylation is 1. The summed E-state index contributed by atoms with van der Waals surface area (Å²) in [4.78, 5) is 19.6. The molecule has 34 heavy (non-hydrogen) atoms. The van der Waals surface area contributed by atoms with Crippen molar-refractivity contribution in [2.24, 2.45) is 5.10 Å². The average Bonchev–Trinajstić information content (AvgIpc) is 3.51. The Morgan fingerprint density at radius 3 is 2.59 bits per heavy atom. The monoisotopic (exact) mass is 453 g/mol. The van der Waals surface area contributed by atoms with Crippen molar-refractivity contribution in [3.05, 3.63) is 95.6 Å². The molecule has 2 heterocycles. The maximum Gasteiger partial charge on any atom is 0.257 e. The number of benzene rings is 3. The minimum atomic E-state index is -0.140. The minimum Gasteiger partial charge on any atom is -0.338 e. The Bertz CT molecular complexity index is 1330. The summed E-state index contributed by atoms with van der Waals surface area (Å²) < 4.78 is 5.28. The lowest BCUT2D eigenvalue weighted by Gasteiger charge is -2.24. The number of nitrogens with zero attached hydrogens (tertiary/aromatic N) is 5. The summed E-state index contributed by atoms with van der Waals surface area (Å²) in [7, 11) is 1.87. The first-order valence-electron chi connectivity index (χ1n) is 11.5. The molecule has 1 aliphatic heterocycles. The van der Waals surface area contributed by atoms with Gasteiger partial charge in [0, 0.05) is 12.8 Å². The number of hydrogen-bond donors (Lipinski definition) is 0. The van der Waals surface area contributed by atoms with Crippen LogP contribution in [-0.2, 0) is 17.8 Å². The molecule has 1 amide bonds. The molecule has 3 aromatic carbocycles. The predicted octanol–water partition coefficient (Wildman–Crippen LogP) is 4.59. The number of likely N-dealkylation sites (N-methyl/N-ethyl adjacent to an activating group) is 1. The molecule has 0 saturated carbocycles. The highest BCUT2D eigenvalue weighted by molar-refractivity contribution is 6.05. The molecule has 1 unspecified atom stereocenters. The van der Waals surface area contributed by atoms with Gasteiger partial charge in [0.2, 0.25) is 5.89 Å². The Kier molecular flexibility index (Phi) is 6.18. The fraction of sp³-hybridized carbons (Fsp3) is 0.259. The van der Waals surface area contributed by atoms with Crippen LogP contribution >= 0.6 is 0 Å². The summed E-state index contributed by atoms with van der Waals surface area (Å²) in [6.07, 6.45) is 1.38. The van der Waals surface area contributed by atoms with E-state index in [2.05, 4.69) is 52.6 Å². The molecular formula is C27H27N5O2. The molecule has 1 aromatic heterocycles. The third-order valence-corrected chi connectivity index (χ3v) is 6.07. The number of rotatable bonds is 7. The van der Waals surface area contributed by atoms with Gasteiger partial charge in [-0.15, -0.1) is 0 Å². The van der Waals surface area contributed by atoms with Crippen molar-refractivity contribution >= 4 is 22.4 Å². The number of carbonyl (C=O) groups is 1. The van der Waals surface area contributed by atoms with E-state index in [4.69, 9.17) is 9.62 Å². The topological polar surface area (TPSA) is 74.8 Å². The maximum absolute atomic E-state index is 13.4. The quantitative estimate of drug-likeness (QED) is 0.409. The third kappa shape index (κ3) is 4.61. The van der Waals surface area contributed by atoms with Crippen molar-refractivity contribution in [2.45, 2.75) is 32.4 Å². The molecule has 0 aliphatic carbocycles. The summed E-state index contributed by atoms with van der Waals surface area (Å²) in [6, 6.07) is 24.6. The van der Waals surface area contributed by atoms with Gasteiger partial charge in [-0.25, -0.2) is 5.01 Å². The smallest absolute Gasteiger partial charge is 0.257 e. The number of aromatic nitrogens is 2. The van der Waals surface area contributed by atoms with Crippen LogP contribution in [0.25, 0.3) is 10.8 Å². The standard InChI is InChI=1S/C27H27N5O2/c1-3-25-28-26(34-30-25)17-31(2)18-27(33)32-24(20-10-5-4-6-11-20)16-23(29-32)22-14-13-19-9-7-8-12-21(19)15-22/h4-15,24H,3,16-18H2,1-2H3. The minimum absolute atomic E-state index is 0.0672. The summed E-state index contributed by atoms with van der Waals surface area (Å²) in [5.41, 5.74) is 3.03. The fourth-order valence-electron chi connectivity index (χ4n) is 4.31. The van der Waals surface area contributed by atoms with Crippen molar-refractivity contribution in [3.8, 4) is 0 Å². The Balaban J connectivity index is 1.39. The van der Waals surface area contributed by atoms with Crippen molar-refractivity contribution in [1.82, 2.24) is 20.0 Å². The molecule has 7 nitrogen and oxygen atoms in total. The zero-order chi connectivity index (χ0) is 23.5. The van der Waals surface area contributed by atoms with Gasteiger partial charge in [-0.3, -0.25) is 9.69 Å². The Morgan fingerprint density at radius 1 is 1.06 bits per heavy atom. The van der Waals surface area contributed by atoms with E-state index in [0.717, 1.165) is 22.2 Å². The normalized spacial score (nSPS) is 15.8. The summed E-state index contributed by atoms with van der Waals surface area (Å²) in [6.45, 7) is 2.58. The average molecular weight is 454 g/mol. The van der Waals surface area contributed by atoms with Gasteiger partial charge in [0.25, 0.3) is 5.91 Å². The van der Waals surface area contributed by atoms with Crippen LogP contribution in [0.2, 0.25) is 0 Å². The van der Waals surface area contributed by atoms with Gasteiger partial charge in [0.1, 0.15) is 0 Å². The lowest BCUT2D eigenvalue weighted by atomic mass is 9.97. The van der Waals surface area contributed by atoms with Gasteiger partial charge in [-0.2, -0.15) is 10.1 Å². The SMILES string of the molecule is CCc1noc(CN(C)CC(=O)N2N=C(c3ccc4ccccc4c3)CC2c2ccccc2)n1. The molecule has 0 saturated heterocycles. The summed E-state index contributed by atoms with van der Waals surface area (Å²) in [5.74, 6) is 1.11. The number of hydrazone groups is 1. The molecule has 172 valence electrons. The largest absolute Gasteiger partial charge is 0.338 e. The Morgan fingerprint density at radius 2 is 1.82 bits per heavy atom. The van der Waals surface area contributed by atoms with Gasteiger partial charge in [-0.1, -0.05) is 78.8 Å². The van der Waals surface area contributed by atoms with Crippen LogP contribution in [0.5, 0.6) is 0 Å². The van der Waals surface area contributed by atoms with E-state index < -0.39 is 0 Å². The summed E-state index contributed by atoms with van der Waals surface area (Å²) in [5, 5.41) is 12.7. The van der Waals surface area contributed by atoms with Crippen LogP contribution in [0, 0.1) is 0 Å². The predicted molar refractivity (Wildman–Crippen MR) is 131 cm³/mol. The lowest BCUT2D eigenvalue weighted by Crippen LogP contribution is -2.36. The highest BCUT2D eigenvalue weighted by Crippen LogP contribution is 2.33. The van der Waals surface area contributed by atoms with Crippen LogP contribution in [0.3, 0.4) is 0 Å². The van der Waals surface area contributed by atoms with E-state index in [9.17, 15) is 4.79 Å². The van der Waals surface area contributed by atoms with Gasteiger partial charge in [-0.05, 0) is 35.0 Å². The molecule has 0 radical (unpaired) electrons. The number of carbonyl (C=O) groups excluding carboxylic acids is 1. The number of hydrogen-bond acceptors (Lipinski definition) is 6. The second kappa shape index (κ2) is 9.57. The fourth-order valence-corrected chi connectivity index (χ4v) is 4.31. The van der Waals surface area contributed by atoms with Crippen LogP contribution in [-0.4, -0.2) is 45.3 Å². The zero-order valence-corrected chi connectivity index (χ0v) is 19.4. The molecule has 4 aromatic rings. The Hall–Kier alpha value is -3.84. The first kappa shape index (κ1) is 22.0. The molecule has 1 aliphatic rings. The highest BCUT2D eigenvalue weighted by Gasteiger charge is 2.33. The summed E-state index contributed by atoms with van der Waals surface area (Å²) >= 11 is 0. The molecule has 1 atom stereocenters. The van der Waals surface area contributed by atoms with Crippen LogP contribution in [0.15, 0.2) is 82.4 Å². The van der Waals surface area contributed by atoms with Gasteiger partial charge in [0.05, 0.1) is 24.8 Å². The molecule has 7 heteroatoms. The van der Waals surface area contributed by atoms with E-state index in [-0.39, 0.29) is 18.5 Å². The molecule has 0 bridgehead atoms. The second-order valence-corrected chi connectivity index (χ2v) is 8.61. The van der Waals surface area contributed by atoms with Crippen LogP contribution < -0.4 is 0 Å². The molecular weight excluding hydrogens is 426 g/mol. The molecule has 0 spiro atoms. The van der Waals surface area contributed by atoms with Crippen LogP contribution in [0.4, 0.5) is 0 Å². The van der Waals surface area contributed by atoms with E-state index in [0.29, 0.717) is 31.1 Å². The Labute approximate surface area is 198 Å². The zero-order valence-electron chi connectivity index (χ0n) is 19.4. The number of amides is 1. The van der Waals surface area contributed by atoms with E-state index in [1.165, 1.54) is 5.39 Å². The van der Waals surface area contributed by atoms with Crippen molar-refractivity contribution in [1.29, 1.82) is 0 Å². The first-order chi connectivity index (χ1) is 16.6.